The van der Waals surface area contributed by atoms with E-state index >= 15 is 0 Å². The largest absolute Gasteiger partial charge is 0.352 e. The zero-order chi connectivity index (χ0) is 10.4. The van der Waals surface area contributed by atoms with Crippen molar-refractivity contribution >= 4 is 5.91 Å². The molecule has 1 amide bonds. The summed E-state index contributed by atoms with van der Waals surface area (Å²) in [5.74, 6) is 0.732. The Morgan fingerprint density at radius 2 is 2.14 bits per heavy atom. The Labute approximate surface area is 86.0 Å². The molecule has 1 rings (SSSR count). The van der Waals surface area contributed by atoms with Crippen LogP contribution in [0.4, 0.5) is 0 Å². The third-order valence-electron chi connectivity index (χ3n) is 2.80. The van der Waals surface area contributed by atoms with Crippen molar-refractivity contribution in [1.29, 1.82) is 0 Å². The summed E-state index contributed by atoms with van der Waals surface area (Å²) in [6.45, 7) is 6.73. The topological polar surface area (TPSA) is 41.1 Å². The lowest BCUT2D eigenvalue weighted by atomic mass is 9.98. The number of allylic oxidation sites excluding steroid dienone is 1. The van der Waals surface area contributed by atoms with Crippen molar-refractivity contribution in [1.82, 2.24) is 10.6 Å². The summed E-state index contributed by atoms with van der Waals surface area (Å²) in [5, 5.41) is 6.28. The fourth-order valence-electron chi connectivity index (χ4n) is 1.59. The Hall–Kier alpha value is -0.830. The van der Waals surface area contributed by atoms with E-state index in [2.05, 4.69) is 10.6 Å². The van der Waals surface area contributed by atoms with Crippen LogP contribution in [0.3, 0.4) is 0 Å². The van der Waals surface area contributed by atoms with Crippen LogP contribution in [-0.2, 0) is 4.79 Å². The standard InChI is InChI=1S/C11H20N2O/c1-3-9(2)11(14)13-8-10-4-6-12-7-5-10/h3,10,12H,4-8H2,1-2H3,(H,13,14)/b9-3-. The first-order chi connectivity index (χ1) is 6.74. The van der Waals surface area contributed by atoms with Gasteiger partial charge >= 0.3 is 0 Å². The minimum atomic E-state index is 0.0750. The van der Waals surface area contributed by atoms with Gasteiger partial charge in [0, 0.05) is 12.1 Å². The maximum atomic E-state index is 11.4. The van der Waals surface area contributed by atoms with Gasteiger partial charge in [0.15, 0.2) is 0 Å². The summed E-state index contributed by atoms with van der Waals surface area (Å²) in [5.41, 5.74) is 0.805. The van der Waals surface area contributed by atoms with E-state index in [9.17, 15) is 4.79 Å². The van der Waals surface area contributed by atoms with E-state index in [1.165, 1.54) is 12.8 Å². The van der Waals surface area contributed by atoms with Crippen molar-refractivity contribution in [2.45, 2.75) is 26.7 Å². The van der Waals surface area contributed by atoms with Crippen molar-refractivity contribution in [2.24, 2.45) is 5.92 Å². The molecule has 0 aromatic heterocycles. The monoisotopic (exact) mass is 196 g/mol. The van der Waals surface area contributed by atoms with Crippen LogP contribution < -0.4 is 10.6 Å². The molecule has 0 radical (unpaired) electrons. The molecule has 0 saturated carbocycles. The van der Waals surface area contributed by atoms with Crippen molar-refractivity contribution in [3.05, 3.63) is 11.6 Å². The lowest BCUT2D eigenvalue weighted by molar-refractivity contribution is -0.117. The lowest BCUT2D eigenvalue weighted by Crippen LogP contribution is -2.36. The number of hydrogen-bond acceptors (Lipinski definition) is 2. The Kier molecular flexibility index (Phi) is 4.66. The average molecular weight is 196 g/mol. The van der Waals surface area contributed by atoms with Crippen molar-refractivity contribution in [2.75, 3.05) is 19.6 Å². The predicted molar refractivity (Wildman–Crippen MR) is 58.0 cm³/mol. The van der Waals surface area contributed by atoms with Gasteiger partial charge < -0.3 is 10.6 Å². The molecular formula is C11H20N2O. The van der Waals surface area contributed by atoms with E-state index < -0.39 is 0 Å². The van der Waals surface area contributed by atoms with Crippen LogP contribution in [-0.4, -0.2) is 25.5 Å². The number of carbonyl (C=O) groups excluding carboxylic acids is 1. The third kappa shape index (κ3) is 3.50. The maximum Gasteiger partial charge on any atom is 0.246 e. The smallest absolute Gasteiger partial charge is 0.246 e. The van der Waals surface area contributed by atoms with Gasteiger partial charge in [-0.1, -0.05) is 6.08 Å². The molecule has 3 heteroatoms. The number of rotatable bonds is 3. The second kappa shape index (κ2) is 5.81. The molecule has 0 aliphatic carbocycles. The van der Waals surface area contributed by atoms with Crippen LogP contribution in [0.1, 0.15) is 26.7 Å². The molecular weight excluding hydrogens is 176 g/mol. The zero-order valence-electron chi connectivity index (χ0n) is 9.10. The lowest BCUT2D eigenvalue weighted by Gasteiger charge is -2.22. The van der Waals surface area contributed by atoms with Gasteiger partial charge in [-0.15, -0.1) is 0 Å². The van der Waals surface area contributed by atoms with Gasteiger partial charge in [0.2, 0.25) is 5.91 Å². The Morgan fingerprint density at radius 3 is 2.71 bits per heavy atom. The summed E-state index contributed by atoms with van der Waals surface area (Å²) >= 11 is 0. The predicted octanol–water partition coefficient (Wildman–Crippen LogP) is 1.07. The minimum absolute atomic E-state index is 0.0750. The molecule has 3 nitrogen and oxygen atoms in total. The van der Waals surface area contributed by atoms with Crippen molar-refractivity contribution in [3.63, 3.8) is 0 Å². The van der Waals surface area contributed by atoms with Gasteiger partial charge in [-0.2, -0.15) is 0 Å². The van der Waals surface area contributed by atoms with Crippen LogP contribution in [0.25, 0.3) is 0 Å². The number of piperidine rings is 1. The molecule has 1 fully saturated rings. The fraction of sp³-hybridized carbons (Fsp3) is 0.727. The molecule has 1 saturated heterocycles. The van der Waals surface area contributed by atoms with E-state index in [0.29, 0.717) is 5.92 Å². The molecule has 0 bridgehead atoms. The molecule has 1 aliphatic heterocycles. The van der Waals surface area contributed by atoms with Crippen molar-refractivity contribution in [3.8, 4) is 0 Å². The third-order valence-corrected chi connectivity index (χ3v) is 2.80. The van der Waals surface area contributed by atoms with E-state index in [1.54, 1.807) is 0 Å². The number of amides is 1. The Balaban J connectivity index is 2.22. The van der Waals surface area contributed by atoms with Gasteiger partial charge in [0.05, 0.1) is 0 Å². The highest BCUT2D eigenvalue weighted by Crippen LogP contribution is 2.09. The highest BCUT2D eigenvalue weighted by Gasteiger charge is 2.13. The van der Waals surface area contributed by atoms with E-state index in [4.69, 9.17) is 0 Å². The number of hydrogen-bond donors (Lipinski definition) is 2. The molecule has 0 spiro atoms. The average Bonchev–Trinajstić information content (AvgIpc) is 2.26. The molecule has 0 atom stereocenters. The quantitative estimate of drug-likeness (QED) is 0.663. The van der Waals surface area contributed by atoms with Crippen LogP contribution >= 0.6 is 0 Å². The van der Waals surface area contributed by atoms with Crippen LogP contribution in [0.2, 0.25) is 0 Å². The Bertz CT molecular complexity index is 217. The first-order valence-electron chi connectivity index (χ1n) is 5.36. The first kappa shape index (κ1) is 11.2. The van der Waals surface area contributed by atoms with E-state index in [1.807, 2.05) is 19.9 Å². The minimum Gasteiger partial charge on any atom is -0.352 e. The van der Waals surface area contributed by atoms with Crippen LogP contribution in [0.5, 0.6) is 0 Å². The van der Waals surface area contributed by atoms with E-state index in [0.717, 1.165) is 25.2 Å². The summed E-state index contributed by atoms with van der Waals surface area (Å²) < 4.78 is 0. The SMILES string of the molecule is C/C=C(/C)C(=O)NCC1CCNCC1. The van der Waals surface area contributed by atoms with Gasteiger partial charge in [-0.05, 0) is 45.7 Å². The summed E-state index contributed by atoms with van der Waals surface area (Å²) in [4.78, 5) is 11.4. The summed E-state index contributed by atoms with van der Waals surface area (Å²) in [6, 6.07) is 0. The molecule has 1 heterocycles. The summed E-state index contributed by atoms with van der Waals surface area (Å²) in [6.07, 6.45) is 4.20. The summed E-state index contributed by atoms with van der Waals surface area (Å²) in [7, 11) is 0. The molecule has 0 aromatic carbocycles. The highest BCUT2D eigenvalue weighted by atomic mass is 16.1. The number of carbonyl (C=O) groups is 1. The van der Waals surface area contributed by atoms with Crippen molar-refractivity contribution < 1.29 is 4.79 Å². The molecule has 80 valence electrons. The normalized spacial score (nSPS) is 19.4. The zero-order valence-corrected chi connectivity index (χ0v) is 9.10. The Morgan fingerprint density at radius 1 is 1.50 bits per heavy atom. The second-order valence-corrected chi connectivity index (χ2v) is 3.88. The molecule has 14 heavy (non-hydrogen) atoms. The molecule has 0 unspecified atom stereocenters. The van der Waals surface area contributed by atoms with Gasteiger partial charge in [0.1, 0.15) is 0 Å². The van der Waals surface area contributed by atoms with Gasteiger partial charge in [-0.25, -0.2) is 0 Å². The first-order valence-corrected chi connectivity index (χ1v) is 5.36. The van der Waals surface area contributed by atoms with Crippen LogP contribution in [0, 0.1) is 5.92 Å². The van der Waals surface area contributed by atoms with E-state index in [-0.39, 0.29) is 5.91 Å². The molecule has 0 aromatic rings. The fourth-order valence-corrected chi connectivity index (χ4v) is 1.59. The second-order valence-electron chi connectivity index (χ2n) is 3.88. The maximum absolute atomic E-state index is 11.4. The highest BCUT2D eigenvalue weighted by molar-refractivity contribution is 5.92. The van der Waals surface area contributed by atoms with Gasteiger partial charge in [-0.3, -0.25) is 4.79 Å². The van der Waals surface area contributed by atoms with Gasteiger partial charge in [0.25, 0.3) is 0 Å². The number of nitrogens with one attached hydrogen (secondary N) is 2. The van der Waals surface area contributed by atoms with Crippen LogP contribution in [0.15, 0.2) is 11.6 Å². The molecule has 2 N–H and O–H groups in total. The molecule has 1 aliphatic rings.